The molecule has 0 unspecified atom stereocenters. The topological polar surface area (TPSA) is 58.6 Å². The number of ether oxygens (including phenoxy) is 1. The van der Waals surface area contributed by atoms with Gasteiger partial charge >= 0.3 is 0 Å². The Morgan fingerprint density at radius 3 is 2.82 bits per heavy atom. The summed E-state index contributed by atoms with van der Waals surface area (Å²) in [5.74, 6) is -0.743. The Bertz CT molecular complexity index is 519. The van der Waals surface area contributed by atoms with Gasteiger partial charge in [0.15, 0.2) is 0 Å². The van der Waals surface area contributed by atoms with Crippen LogP contribution in [0.2, 0.25) is 0 Å². The number of hydrogen-bond donors (Lipinski definition) is 1. The fraction of sp³-hybridized carbons (Fsp3) is 0.500. The lowest BCUT2D eigenvalue weighted by Crippen LogP contribution is -2.33. The van der Waals surface area contributed by atoms with Crippen LogP contribution in [0.1, 0.15) is 18.4 Å². The van der Waals surface area contributed by atoms with Crippen LogP contribution in [0.4, 0.5) is 4.39 Å². The molecule has 0 bridgehead atoms. The minimum absolute atomic E-state index is 0.0404. The highest BCUT2D eigenvalue weighted by molar-refractivity contribution is 5.89. The maximum absolute atomic E-state index is 12.9. The minimum Gasteiger partial charge on any atom is -0.385 e. The van der Waals surface area contributed by atoms with Crippen LogP contribution in [0.3, 0.4) is 0 Å². The van der Waals surface area contributed by atoms with Crippen LogP contribution in [0.15, 0.2) is 24.3 Å². The molecule has 1 atom stereocenters. The summed E-state index contributed by atoms with van der Waals surface area (Å²) in [6.45, 7) is 1.97. The first-order chi connectivity index (χ1) is 10.6. The first-order valence-electron chi connectivity index (χ1n) is 7.39. The van der Waals surface area contributed by atoms with Gasteiger partial charge in [0, 0.05) is 39.8 Å². The number of amides is 2. The number of nitrogens with zero attached hydrogens (tertiary/aromatic N) is 1. The molecule has 1 heterocycles. The molecule has 1 aromatic rings. The van der Waals surface area contributed by atoms with Crippen molar-refractivity contribution in [2.24, 2.45) is 5.92 Å². The summed E-state index contributed by atoms with van der Waals surface area (Å²) in [6.07, 6.45) is 0.986. The van der Waals surface area contributed by atoms with E-state index in [2.05, 4.69) is 5.32 Å². The van der Waals surface area contributed by atoms with Crippen molar-refractivity contribution in [3.05, 3.63) is 35.6 Å². The van der Waals surface area contributed by atoms with Crippen molar-refractivity contribution in [3.63, 3.8) is 0 Å². The zero-order valence-corrected chi connectivity index (χ0v) is 12.7. The van der Waals surface area contributed by atoms with Crippen LogP contribution in [0, 0.1) is 11.7 Å². The minimum atomic E-state index is -0.310. The van der Waals surface area contributed by atoms with Crippen LogP contribution < -0.4 is 5.32 Å². The molecule has 1 fully saturated rings. The number of benzene rings is 1. The number of carbonyl (C=O) groups is 2. The average Bonchev–Trinajstić information content (AvgIpc) is 2.87. The Balaban J connectivity index is 1.82. The van der Waals surface area contributed by atoms with Gasteiger partial charge in [-0.15, -0.1) is 0 Å². The predicted molar refractivity (Wildman–Crippen MR) is 79.4 cm³/mol. The molecular formula is C16H21FN2O3. The van der Waals surface area contributed by atoms with E-state index >= 15 is 0 Å². The lowest BCUT2D eigenvalue weighted by atomic mass is 10.1. The molecule has 5 nitrogen and oxygen atoms in total. The number of hydrogen-bond acceptors (Lipinski definition) is 3. The van der Waals surface area contributed by atoms with Crippen molar-refractivity contribution >= 4 is 11.8 Å². The van der Waals surface area contributed by atoms with Gasteiger partial charge in [0.05, 0.1) is 5.92 Å². The number of methoxy groups -OCH3 is 1. The zero-order chi connectivity index (χ0) is 15.9. The van der Waals surface area contributed by atoms with E-state index in [4.69, 9.17) is 4.74 Å². The Labute approximate surface area is 129 Å². The monoisotopic (exact) mass is 308 g/mol. The fourth-order valence-electron chi connectivity index (χ4n) is 2.48. The molecule has 2 amide bonds. The van der Waals surface area contributed by atoms with Gasteiger partial charge in [-0.25, -0.2) is 4.39 Å². The second-order valence-electron chi connectivity index (χ2n) is 5.44. The molecule has 1 aliphatic heterocycles. The van der Waals surface area contributed by atoms with Gasteiger partial charge in [-0.3, -0.25) is 9.59 Å². The third kappa shape index (κ3) is 4.53. The molecule has 0 spiro atoms. The van der Waals surface area contributed by atoms with E-state index in [1.54, 1.807) is 24.1 Å². The van der Waals surface area contributed by atoms with Gasteiger partial charge in [-0.05, 0) is 24.1 Å². The Hall–Kier alpha value is -1.95. The highest BCUT2D eigenvalue weighted by Crippen LogP contribution is 2.20. The second kappa shape index (κ2) is 7.89. The van der Waals surface area contributed by atoms with Crippen LogP contribution in [0.5, 0.6) is 0 Å². The molecule has 22 heavy (non-hydrogen) atoms. The van der Waals surface area contributed by atoms with E-state index in [-0.39, 0.29) is 30.0 Å². The number of halogens is 1. The van der Waals surface area contributed by atoms with Gasteiger partial charge in [-0.2, -0.15) is 0 Å². The third-order valence-corrected chi connectivity index (χ3v) is 3.70. The normalized spacial score (nSPS) is 17.8. The molecule has 6 heteroatoms. The van der Waals surface area contributed by atoms with Gasteiger partial charge in [0.2, 0.25) is 11.8 Å². The van der Waals surface area contributed by atoms with E-state index in [0.29, 0.717) is 26.2 Å². The van der Waals surface area contributed by atoms with Crippen molar-refractivity contribution in [1.29, 1.82) is 0 Å². The van der Waals surface area contributed by atoms with Crippen molar-refractivity contribution < 1.29 is 18.7 Å². The number of likely N-dealkylation sites (tertiary alicyclic amines) is 1. The molecule has 0 aromatic heterocycles. The van der Waals surface area contributed by atoms with Crippen molar-refractivity contribution in [1.82, 2.24) is 10.2 Å². The van der Waals surface area contributed by atoms with Crippen molar-refractivity contribution in [3.8, 4) is 0 Å². The van der Waals surface area contributed by atoms with Crippen molar-refractivity contribution in [2.45, 2.75) is 19.4 Å². The molecular weight excluding hydrogens is 287 g/mol. The molecule has 120 valence electrons. The average molecular weight is 308 g/mol. The summed E-state index contributed by atoms with van der Waals surface area (Å²) in [5, 5.41) is 2.82. The SMILES string of the molecule is COCCCNC(=O)[C@H]1CC(=O)N(Cc2ccc(F)cc2)C1. The lowest BCUT2D eigenvalue weighted by Gasteiger charge is -2.16. The molecule has 0 aliphatic carbocycles. The molecule has 1 saturated heterocycles. The van der Waals surface area contributed by atoms with E-state index in [1.807, 2.05) is 0 Å². The molecule has 1 aliphatic rings. The predicted octanol–water partition coefficient (Wildman–Crippen LogP) is 1.33. The summed E-state index contributed by atoms with van der Waals surface area (Å²) in [4.78, 5) is 25.7. The van der Waals surface area contributed by atoms with Gasteiger partial charge in [0.1, 0.15) is 5.82 Å². The summed E-state index contributed by atoms with van der Waals surface area (Å²) in [7, 11) is 1.62. The Kier molecular flexibility index (Phi) is 5.89. The summed E-state index contributed by atoms with van der Waals surface area (Å²) in [6, 6.07) is 6.05. The standard InChI is InChI=1S/C16H21FN2O3/c1-22-8-2-7-18-16(21)13-9-15(20)19(11-13)10-12-3-5-14(17)6-4-12/h3-6,13H,2,7-11H2,1H3,(H,18,21)/t13-/m0/s1. The second-order valence-corrected chi connectivity index (χ2v) is 5.44. The first kappa shape index (κ1) is 16.4. The van der Waals surface area contributed by atoms with Crippen LogP contribution in [-0.2, 0) is 20.9 Å². The van der Waals surface area contributed by atoms with E-state index < -0.39 is 0 Å². The van der Waals surface area contributed by atoms with E-state index in [1.165, 1.54) is 12.1 Å². The lowest BCUT2D eigenvalue weighted by molar-refractivity contribution is -0.129. The Morgan fingerprint density at radius 1 is 1.41 bits per heavy atom. The van der Waals surface area contributed by atoms with Crippen LogP contribution in [0.25, 0.3) is 0 Å². The molecule has 0 saturated carbocycles. The summed E-state index contributed by atoms with van der Waals surface area (Å²) < 4.78 is 17.8. The van der Waals surface area contributed by atoms with E-state index in [9.17, 15) is 14.0 Å². The van der Waals surface area contributed by atoms with E-state index in [0.717, 1.165) is 12.0 Å². The number of rotatable bonds is 7. The number of nitrogens with one attached hydrogen (secondary N) is 1. The molecule has 1 aromatic carbocycles. The highest BCUT2D eigenvalue weighted by Gasteiger charge is 2.33. The molecule has 0 radical (unpaired) electrons. The largest absolute Gasteiger partial charge is 0.385 e. The molecule has 1 N–H and O–H groups in total. The van der Waals surface area contributed by atoms with Crippen LogP contribution in [-0.4, -0.2) is 43.5 Å². The molecule has 2 rings (SSSR count). The van der Waals surface area contributed by atoms with Gasteiger partial charge in [0.25, 0.3) is 0 Å². The quantitative estimate of drug-likeness (QED) is 0.773. The smallest absolute Gasteiger partial charge is 0.225 e. The number of carbonyl (C=O) groups excluding carboxylic acids is 2. The van der Waals surface area contributed by atoms with Crippen molar-refractivity contribution in [2.75, 3.05) is 26.8 Å². The summed E-state index contributed by atoms with van der Waals surface area (Å²) >= 11 is 0. The zero-order valence-electron chi connectivity index (χ0n) is 12.7. The maximum Gasteiger partial charge on any atom is 0.225 e. The maximum atomic E-state index is 12.9. The first-order valence-corrected chi connectivity index (χ1v) is 7.39. The third-order valence-electron chi connectivity index (χ3n) is 3.70. The van der Waals surface area contributed by atoms with Gasteiger partial charge < -0.3 is 15.0 Å². The van der Waals surface area contributed by atoms with Crippen LogP contribution >= 0.6 is 0 Å². The summed E-state index contributed by atoms with van der Waals surface area (Å²) in [5.41, 5.74) is 0.857. The van der Waals surface area contributed by atoms with Gasteiger partial charge in [-0.1, -0.05) is 12.1 Å². The highest BCUT2D eigenvalue weighted by atomic mass is 19.1. The fourth-order valence-corrected chi connectivity index (χ4v) is 2.48. The Morgan fingerprint density at radius 2 is 2.14 bits per heavy atom.